The van der Waals surface area contributed by atoms with Gasteiger partial charge in [-0.05, 0) is 75.2 Å². The number of hydrogen-bond donors (Lipinski definition) is 0. The quantitative estimate of drug-likeness (QED) is 0.149. The number of furan rings is 1. The van der Waals surface area contributed by atoms with Gasteiger partial charge in [0, 0.05) is 41.9 Å². The van der Waals surface area contributed by atoms with Crippen LogP contribution in [0.1, 0.15) is 49.3 Å². The van der Waals surface area contributed by atoms with E-state index in [1.54, 1.807) is 48.6 Å². The molecule has 3 aromatic carbocycles. The lowest BCUT2D eigenvalue weighted by atomic mass is 9.90. The monoisotopic (exact) mass is 650 g/mol. The Hall–Kier alpha value is -5.29. The summed E-state index contributed by atoms with van der Waals surface area (Å²) in [7, 11) is 1.58. The van der Waals surface area contributed by atoms with E-state index in [-0.39, 0.29) is 17.2 Å². The van der Waals surface area contributed by atoms with E-state index in [4.69, 9.17) is 14.1 Å². The average Bonchev–Trinajstić information content (AvgIpc) is 3.65. The van der Waals surface area contributed by atoms with Crippen molar-refractivity contribution in [3.8, 4) is 17.1 Å². The summed E-state index contributed by atoms with van der Waals surface area (Å²) in [6.45, 7) is 10.2. The van der Waals surface area contributed by atoms with Gasteiger partial charge in [0.25, 0.3) is 17.2 Å². The van der Waals surface area contributed by atoms with Crippen LogP contribution in [0, 0.1) is 24.0 Å². The first-order valence-corrected chi connectivity index (χ1v) is 16.1. The predicted octanol–water partition coefficient (Wildman–Crippen LogP) is 6.05. The number of carbonyl (C=O) groups is 1. The summed E-state index contributed by atoms with van der Waals surface area (Å²) in [6, 6.07) is 17.6. The maximum Gasteiger partial charge on any atom is 0.273 e. The van der Waals surface area contributed by atoms with Crippen molar-refractivity contribution in [1.82, 2.24) is 9.47 Å². The molecular weight excluding hydrogens is 616 g/mol. The average molecular weight is 651 g/mol. The van der Waals surface area contributed by atoms with Gasteiger partial charge in [-0.3, -0.25) is 24.3 Å². The largest absolute Gasteiger partial charge is 0.496 e. The first kappa shape index (κ1) is 31.7. The van der Waals surface area contributed by atoms with Gasteiger partial charge in [0.15, 0.2) is 4.80 Å². The van der Waals surface area contributed by atoms with Crippen molar-refractivity contribution in [2.75, 3.05) is 20.2 Å². The van der Waals surface area contributed by atoms with Gasteiger partial charge in [0.05, 0.1) is 27.8 Å². The van der Waals surface area contributed by atoms with Crippen molar-refractivity contribution >= 4 is 39.8 Å². The molecule has 11 heteroatoms. The molecule has 1 aliphatic heterocycles. The van der Waals surface area contributed by atoms with Crippen molar-refractivity contribution in [3.05, 3.63) is 124 Å². The molecule has 1 aliphatic rings. The lowest BCUT2D eigenvalue weighted by molar-refractivity contribution is -0.385. The summed E-state index contributed by atoms with van der Waals surface area (Å²) >= 11 is 1.21. The second-order valence-electron chi connectivity index (χ2n) is 11.4. The third kappa shape index (κ3) is 5.46. The molecule has 10 nitrogen and oxygen atoms in total. The summed E-state index contributed by atoms with van der Waals surface area (Å²) in [6.07, 6.45) is 1.64. The van der Waals surface area contributed by atoms with E-state index in [2.05, 4.69) is 0 Å². The SMILES string of the molecule is CCN(CC)C(=O)C1=C(C)N=c2s/c(=C/c3ccc(-c4cc(C)c(C)c([N+](=O)[O-])c4)o3)c(=O)n2[C@@H]1c1c(OC)ccc2ccccc12. The molecule has 0 saturated heterocycles. The van der Waals surface area contributed by atoms with Gasteiger partial charge in [-0.2, -0.15) is 0 Å². The van der Waals surface area contributed by atoms with Crippen molar-refractivity contribution in [2.45, 2.75) is 40.7 Å². The topological polar surface area (TPSA) is 120 Å². The molecule has 0 saturated carbocycles. The molecule has 0 fully saturated rings. The fourth-order valence-electron chi connectivity index (χ4n) is 6.17. The zero-order chi connectivity index (χ0) is 33.6. The molecule has 1 atom stereocenters. The number of nitrogens with zero attached hydrogens (tertiary/aromatic N) is 4. The van der Waals surface area contributed by atoms with Crippen LogP contribution in [-0.2, 0) is 4.79 Å². The number of aryl methyl sites for hydroxylation is 1. The Kier molecular flexibility index (Phi) is 8.42. The van der Waals surface area contributed by atoms with Crippen LogP contribution in [0.4, 0.5) is 5.69 Å². The maximum absolute atomic E-state index is 14.4. The molecule has 0 unspecified atom stereocenters. The van der Waals surface area contributed by atoms with Crippen molar-refractivity contribution < 1.29 is 18.9 Å². The number of allylic oxidation sites excluding steroid dienone is 1. The number of hydrogen-bond acceptors (Lipinski definition) is 8. The van der Waals surface area contributed by atoms with E-state index < -0.39 is 11.0 Å². The molecule has 0 bridgehead atoms. The van der Waals surface area contributed by atoms with E-state index >= 15 is 0 Å². The Morgan fingerprint density at radius 1 is 1.11 bits per heavy atom. The molecule has 240 valence electrons. The van der Waals surface area contributed by atoms with Gasteiger partial charge in [-0.15, -0.1) is 0 Å². The lowest BCUT2D eigenvalue weighted by Crippen LogP contribution is -2.43. The number of nitro benzene ring substituents is 1. The van der Waals surface area contributed by atoms with Gasteiger partial charge in [-0.1, -0.05) is 41.7 Å². The van der Waals surface area contributed by atoms with Crippen LogP contribution >= 0.6 is 11.3 Å². The molecule has 3 heterocycles. The highest BCUT2D eigenvalue weighted by Gasteiger charge is 2.36. The molecule has 2 aromatic heterocycles. The van der Waals surface area contributed by atoms with Crippen LogP contribution in [0.3, 0.4) is 0 Å². The summed E-state index contributed by atoms with van der Waals surface area (Å²) in [4.78, 5) is 46.7. The normalized spacial score (nSPS) is 14.7. The Morgan fingerprint density at radius 2 is 1.85 bits per heavy atom. The number of methoxy groups -OCH3 is 1. The fraction of sp³-hybridized carbons (Fsp3) is 0.250. The van der Waals surface area contributed by atoms with Crippen LogP contribution < -0.4 is 19.6 Å². The van der Waals surface area contributed by atoms with Crippen LogP contribution in [-0.4, -0.2) is 40.5 Å². The first-order chi connectivity index (χ1) is 22.6. The molecule has 47 heavy (non-hydrogen) atoms. The van der Waals surface area contributed by atoms with Crippen molar-refractivity contribution in [2.24, 2.45) is 4.99 Å². The highest BCUT2D eigenvalue weighted by Crippen LogP contribution is 2.40. The van der Waals surface area contributed by atoms with E-state index in [9.17, 15) is 19.7 Å². The predicted molar refractivity (Wildman–Crippen MR) is 182 cm³/mol. The first-order valence-electron chi connectivity index (χ1n) is 15.3. The number of thiazole rings is 1. The molecule has 0 N–H and O–H groups in total. The van der Waals surface area contributed by atoms with E-state index in [0.717, 1.165) is 16.3 Å². The van der Waals surface area contributed by atoms with Gasteiger partial charge >= 0.3 is 0 Å². The molecule has 0 aliphatic carbocycles. The molecule has 5 aromatic rings. The van der Waals surface area contributed by atoms with E-state index in [1.165, 1.54) is 17.4 Å². The number of fused-ring (bicyclic) bond motifs is 2. The highest BCUT2D eigenvalue weighted by atomic mass is 32.1. The Morgan fingerprint density at radius 3 is 2.55 bits per heavy atom. The number of ether oxygens (including phenoxy) is 1. The van der Waals surface area contributed by atoms with E-state index in [1.807, 2.05) is 63.2 Å². The third-order valence-electron chi connectivity index (χ3n) is 8.75. The van der Waals surface area contributed by atoms with Gasteiger partial charge in [0.2, 0.25) is 0 Å². The fourth-order valence-corrected chi connectivity index (χ4v) is 7.20. The number of rotatable bonds is 8. The van der Waals surface area contributed by atoms with Crippen molar-refractivity contribution in [3.63, 3.8) is 0 Å². The van der Waals surface area contributed by atoms with Gasteiger partial charge < -0.3 is 14.1 Å². The zero-order valence-corrected chi connectivity index (χ0v) is 27.8. The standard InChI is InChI=1S/C36H34N4O6S/c1-7-38(8-2)35(42)31-22(5)37-36-39(33(31)32-26-12-10-9-11-23(26)13-15-29(32)45-6)34(41)30(47-36)19-25-14-16-28(46-25)24-17-20(3)21(4)27(18-24)40(43)44/h9-19,33H,7-8H2,1-6H3/b30-19+/t33-/m0/s1. The molecule has 0 spiro atoms. The summed E-state index contributed by atoms with van der Waals surface area (Å²) < 4.78 is 13.9. The van der Waals surface area contributed by atoms with Crippen LogP contribution in [0.5, 0.6) is 5.75 Å². The Labute approximate surface area is 274 Å². The number of nitro groups is 1. The molecule has 0 radical (unpaired) electrons. The summed E-state index contributed by atoms with van der Waals surface area (Å²) in [5.74, 6) is 1.21. The van der Waals surface area contributed by atoms with Crippen LogP contribution in [0.2, 0.25) is 0 Å². The minimum absolute atomic E-state index is 0.0144. The van der Waals surface area contributed by atoms with E-state index in [0.29, 0.717) is 67.7 Å². The van der Waals surface area contributed by atoms with Gasteiger partial charge in [0.1, 0.15) is 23.3 Å². The van der Waals surface area contributed by atoms with Gasteiger partial charge in [-0.25, -0.2) is 4.99 Å². The molecule has 1 amide bonds. The number of aromatic nitrogens is 1. The lowest BCUT2D eigenvalue weighted by Gasteiger charge is -2.30. The van der Waals surface area contributed by atoms with Crippen molar-refractivity contribution in [1.29, 1.82) is 0 Å². The molecular formula is C36H34N4O6S. The summed E-state index contributed by atoms with van der Waals surface area (Å²) in [5.41, 5.74) is 3.28. The van der Waals surface area contributed by atoms with Crippen LogP contribution in [0.25, 0.3) is 28.2 Å². The highest BCUT2D eigenvalue weighted by molar-refractivity contribution is 7.07. The minimum Gasteiger partial charge on any atom is -0.496 e. The Bertz CT molecular complexity index is 2290. The summed E-state index contributed by atoms with van der Waals surface area (Å²) in [5, 5.41) is 13.4. The minimum atomic E-state index is -0.800. The number of carbonyl (C=O) groups excluding carboxylic acids is 1. The number of likely N-dealkylation sites (N-methyl/N-ethyl adjacent to an activating group) is 1. The third-order valence-corrected chi connectivity index (χ3v) is 9.73. The second kappa shape index (κ2) is 12.5. The second-order valence-corrected chi connectivity index (χ2v) is 12.4. The van der Waals surface area contributed by atoms with Crippen LogP contribution in [0.15, 0.2) is 86.1 Å². The zero-order valence-electron chi connectivity index (χ0n) is 27.0. The molecule has 6 rings (SSSR count). The smallest absolute Gasteiger partial charge is 0.273 e. The Balaban J connectivity index is 1.55. The number of benzene rings is 3. The number of amides is 1. The maximum atomic E-state index is 14.4.